The highest BCUT2D eigenvalue weighted by molar-refractivity contribution is 5.27. The van der Waals surface area contributed by atoms with Crippen LogP contribution in [0.5, 0.6) is 5.75 Å². The van der Waals surface area contributed by atoms with Crippen LogP contribution in [-0.2, 0) is 13.0 Å². The van der Waals surface area contributed by atoms with Gasteiger partial charge in [0.05, 0.1) is 6.61 Å². The minimum Gasteiger partial charge on any atom is -0.494 e. The van der Waals surface area contributed by atoms with Gasteiger partial charge in [0.25, 0.3) is 0 Å². The van der Waals surface area contributed by atoms with Crippen LogP contribution in [0.15, 0.2) is 30.6 Å². The minimum atomic E-state index is 0.337. The average Bonchev–Trinajstić information content (AvgIpc) is 2.93. The Labute approximate surface area is 126 Å². The topological polar surface area (TPSA) is 52.0 Å². The Morgan fingerprint density at radius 3 is 2.95 bits per heavy atom. The highest BCUT2D eigenvalue weighted by atomic mass is 16.5. The molecule has 1 aromatic carbocycles. The SMILES string of the molecule is CCn1ncnc1CC(CCOc1cccc(C)c1)NC. The quantitative estimate of drug-likeness (QED) is 0.809. The normalized spacial score (nSPS) is 12.3. The monoisotopic (exact) mass is 288 g/mol. The summed E-state index contributed by atoms with van der Waals surface area (Å²) in [6, 6.07) is 8.48. The van der Waals surface area contributed by atoms with Gasteiger partial charge in [-0.15, -0.1) is 0 Å². The van der Waals surface area contributed by atoms with Crippen molar-refractivity contribution in [3.05, 3.63) is 42.0 Å². The van der Waals surface area contributed by atoms with E-state index in [1.54, 1.807) is 6.33 Å². The van der Waals surface area contributed by atoms with Crippen molar-refractivity contribution in [2.75, 3.05) is 13.7 Å². The molecule has 0 saturated heterocycles. The van der Waals surface area contributed by atoms with Gasteiger partial charge in [0.1, 0.15) is 17.9 Å². The molecule has 0 aliphatic heterocycles. The molecule has 1 heterocycles. The Morgan fingerprint density at radius 1 is 1.38 bits per heavy atom. The smallest absolute Gasteiger partial charge is 0.138 e. The van der Waals surface area contributed by atoms with Crippen LogP contribution in [0.1, 0.15) is 24.7 Å². The molecule has 0 fully saturated rings. The maximum Gasteiger partial charge on any atom is 0.138 e. The van der Waals surface area contributed by atoms with Crippen LogP contribution in [0.2, 0.25) is 0 Å². The third-order valence-electron chi connectivity index (χ3n) is 3.56. The van der Waals surface area contributed by atoms with Gasteiger partial charge in [-0.3, -0.25) is 4.68 Å². The summed E-state index contributed by atoms with van der Waals surface area (Å²) >= 11 is 0. The molecule has 0 spiro atoms. The van der Waals surface area contributed by atoms with Crippen molar-refractivity contribution < 1.29 is 4.74 Å². The third-order valence-corrected chi connectivity index (χ3v) is 3.56. The Bertz CT molecular complexity index is 553. The summed E-state index contributed by atoms with van der Waals surface area (Å²) in [6.45, 7) is 5.69. The zero-order chi connectivity index (χ0) is 15.1. The summed E-state index contributed by atoms with van der Waals surface area (Å²) in [4.78, 5) is 4.32. The maximum atomic E-state index is 5.81. The summed E-state index contributed by atoms with van der Waals surface area (Å²) < 4.78 is 7.75. The summed E-state index contributed by atoms with van der Waals surface area (Å²) in [5, 5.41) is 7.53. The fourth-order valence-electron chi connectivity index (χ4n) is 2.30. The van der Waals surface area contributed by atoms with Crippen LogP contribution in [0.3, 0.4) is 0 Å². The van der Waals surface area contributed by atoms with Gasteiger partial charge in [-0.05, 0) is 45.0 Å². The van der Waals surface area contributed by atoms with Gasteiger partial charge >= 0.3 is 0 Å². The Hall–Kier alpha value is -1.88. The van der Waals surface area contributed by atoms with E-state index in [0.717, 1.165) is 31.0 Å². The molecule has 0 saturated carbocycles. The number of likely N-dealkylation sites (N-methyl/N-ethyl adjacent to an activating group) is 1. The summed E-state index contributed by atoms with van der Waals surface area (Å²) in [5.41, 5.74) is 1.22. The van der Waals surface area contributed by atoms with E-state index in [1.165, 1.54) is 5.56 Å². The lowest BCUT2D eigenvalue weighted by Crippen LogP contribution is -2.30. The predicted octanol–water partition coefficient (Wildman–Crippen LogP) is 2.21. The fraction of sp³-hybridized carbons (Fsp3) is 0.500. The first-order chi connectivity index (χ1) is 10.2. The van der Waals surface area contributed by atoms with E-state index in [4.69, 9.17) is 4.74 Å². The van der Waals surface area contributed by atoms with Crippen molar-refractivity contribution in [1.82, 2.24) is 20.1 Å². The van der Waals surface area contributed by atoms with E-state index in [-0.39, 0.29) is 0 Å². The van der Waals surface area contributed by atoms with Crippen molar-refractivity contribution in [1.29, 1.82) is 0 Å². The van der Waals surface area contributed by atoms with Crippen LogP contribution in [0, 0.1) is 6.92 Å². The van der Waals surface area contributed by atoms with Gasteiger partial charge in [0.15, 0.2) is 0 Å². The number of nitrogens with zero attached hydrogens (tertiary/aromatic N) is 3. The number of aromatic nitrogens is 3. The lowest BCUT2D eigenvalue weighted by Gasteiger charge is -2.16. The molecule has 21 heavy (non-hydrogen) atoms. The van der Waals surface area contributed by atoms with Crippen LogP contribution in [0.4, 0.5) is 0 Å². The minimum absolute atomic E-state index is 0.337. The Kier molecular flexibility index (Phi) is 5.75. The van der Waals surface area contributed by atoms with E-state index < -0.39 is 0 Å². The number of aryl methyl sites for hydroxylation is 2. The molecular formula is C16H24N4O. The third kappa shape index (κ3) is 4.56. The summed E-state index contributed by atoms with van der Waals surface area (Å²) in [5.74, 6) is 1.95. The molecule has 5 heteroatoms. The van der Waals surface area contributed by atoms with Crippen molar-refractivity contribution in [3.8, 4) is 5.75 Å². The highest BCUT2D eigenvalue weighted by Crippen LogP contribution is 2.13. The van der Waals surface area contributed by atoms with Crippen molar-refractivity contribution in [2.24, 2.45) is 0 Å². The van der Waals surface area contributed by atoms with Gasteiger partial charge in [-0.1, -0.05) is 12.1 Å². The number of hydrogen-bond donors (Lipinski definition) is 1. The van der Waals surface area contributed by atoms with E-state index in [9.17, 15) is 0 Å². The summed E-state index contributed by atoms with van der Waals surface area (Å²) in [6.07, 6.45) is 3.41. The molecule has 2 rings (SSSR count). The molecule has 5 nitrogen and oxygen atoms in total. The lowest BCUT2D eigenvalue weighted by atomic mass is 10.1. The highest BCUT2D eigenvalue weighted by Gasteiger charge is 2.12. The molecule has 1 N–H and O–H groups in total. The maximum absolute atomic E-state index is 5.81. The predicted molar refractivity (Wildman–Crippen MR) is 83.5 cm³/mol. The summed E-state index contributed by atoms with van der Waals surface area (Å²) in [7, 11) is 1.98. The molecule has 114 valence electrons. The molecule has 1 atom stereocenters. The molecule has 1 aromatic heterocycles. The molecule has 0 aliphatic rings. The first kappa shape index (κ1) is 15.5. The number of benzene rings is 1. The Balaban J connectivity index is 1.82. The van der Waals surface area contributed by atoms with Gasteiger partial charge in [-0.2, -0.15) is 5.10 Å². The first-order valence-electron chi connectivity index (χ1n) is 7.46. The van der Waals surface area contributed by atoms with Crippen molar-refractivity contribution in [3.63, 3.8) is 0 Å². The van der Waals surface area contributed by atoms with Crippen molar-refractivity contribution >= 4 is 0 Å². The number of ether oxygens (including phenoxy) is 1. The standard InChI is InChI=1S/C16H24N4O/c1-4-20-16(18-12-19-20)11-14(17-3)8-9-21-15-7-5-6-13(2)10-15/h5-7,10,12,14,17H,4,8-9,11H2,1-3H3. The second-order valence-electron chi connectivity index (χ2n) is 5.14. The number of rotatable bonds is 8. The second-order valence-corrected chi connectivity index (χ2v) is 5.14. The van der Waals surface area contributed by atoms with E-state index in [0.29, 0.717) is 12.6 Å². The molecule has 0 radical (unpaired) electrons. The molecule has 0 aliphatic carbocycles. The largest absolute Gasteiger partial charge is 0.494 e. The molecule has 1 unspecified atom stereocenters. The average molecular weight is 288 g/mol. The molecular weight excluding hydrogens is 264 g/mol. The molecule has 0 amide bonds. The molecule has 0 bridgehead atoms. The number of nitrogens with one attached hydrogen (secondary N) is 1. The first-order valence-corrected chi connectivity index (χ1v) is 7.46. The van der Waals surface area contributed by atoms with E-state index in [1.807, 2.05) is 23.9 Å². The van der Waals surface area contributed by atoms with E-state index in [2.05, 4.69) is 41.4 Å². The van der Waals surface area contributed by atoms with Gasteiger partial charge in [0.2, 0.25) is 0 Å². The van der Waals surface area contributed by atoms with Crippen LogP contribution >= 0.6 is 0 Å². The zero-order valence-corrected chi connectivity index (χ0v) is 13.0. The zero-order valence-electron chi connectivity index (χ0n) is 13.0. The van der Waals surface area contributed by atoms with Crippen molar-refractivity contribution in [2.45, 2.75) is 39.3 Å². The van der Waals surface area contributed by atoms with Crippen LogP contribution < -0.4 is 10.1 Å². The second kappa shape index (κ2) is 7.78. The number of hydrogen-bond acceptors (Lipinski definition) is 4. The Morgan fingerprint density at radius 2 is 2.24 bits per heavy atom. The van der Waals surface area contributed by atoms with Gasteiger partial charge < -0.3 is 10.1 Å². The van der Waals surface area contributed by atoms with Crippen LogP contribution in [-0.4, -0.2) is 34.5 Å². The van der Waals surface area contributed by atoms with Gasteiger partial charge in [0, 0.05) is 19.0 Å². The fourth-order valence-corrected chi connectivity index (χ4v) is 2.30. The molecule has 2 aromatic rings. The van der Waals surface area contributed by atoms with Gasteiger partial charge in [-0.25, -0.2) is 4.98 Å². The lowest BCUT2D eigenvalue weighted by molar-refractivity contribution is 0.286. The van der Waals surface area contributed by atoms with Crippen LogP contribution in [0.25, 0.3) is 0 Å². The van der Waals surface area contributed by atoms with E-state index >= 15 is 0 Å².